The molecule has 7 nitrogen and oxygen atoms in total. The predicted octanol–water partition coefficient (Wildman–Crippen LogP) is 4.40. The highest BCUT2D eigenvalue weighted by Gasteiger charge is 2.35. The molecule has 1 heterocycles. The van der Waals surface area contributed by atoms with Crippen molar-refractivity contribution in [3.05, 3.63) is 102 Å². The van der Waals surface area contributed by atoms with Crippen molar-refractivity contribution in [3.63, 3.8) is 0 Å². The molecule has 8 heteroatoms. The quantitative estimate of drug-likeness (QED) is 0.453. The number of aliphatic hydroxyl groups is 1. The molecule has 1 saturated heterocycles. The molecule has 1 aliphatic rings. The van der Waals surface area contributed by atoms with Gasteiger partial charge in [0.2, 0.25) is 0 Å². The lowest BCUT2D eigenvalue weighted by molar-refractivity contribution is -0.0211. The molecule has 1 amide bonds. The summed E-state index contributed by atoms with van der Waals surface area (Å²) in [6, 6.07) is 25.8. The molecule has 4 rings (SSSR count). The van der Waals surface area contributed by atoms with Crippen LogP contribution in [0.4, 0.5) is 5.69 Å². The average Bonchev–Trinajstić information content (AvgIpc) is 2.93. The maximum absolute atomic E-state index is 13.5. The molecule has 196 valence electrons. The van der Waals surface area contributed by atoms with Gasteiger partial charge in [0.1, 0.15) is 0 Å². The van der Waals surface area contributed by atoms with Crippen molar-refractivity contribution in [2.24, 2.45) is 0 Å². The van der Waals surface area contributed by atoms with Crippen LogP contribution in [0.5, 0.6) is 0 Å². The van der Waals surface area contributed by atoms with Crippen LogP contribution in [-0.4, -0.2) is 54.8 Å². The summed E-state index contributed by atoms with van der Waals surface area (Å²) in [4.78, 5) is 15.0. The smallest absolute Gasteiger partial charge is 0.304 e. The number of likely N-dealkylation sites (tertiary alicyclic amines) is 1. The Morgan fingerprint density at radius 2 is 1.41 bits per heavy atom. The van der Waals surface area contributed by atoms with Crippen LogP contribution in [0.3, 0.4) is 0 Å². The summed E-state index contributed by atoms with van der Waals surface area (Å²) in [6.45, 7) is 5.46. The number of hydrogen-bond donors (Lipinski definition) is 1. The van der Waals surface area contributed by atoms with Crippen molar-refractivity contribution >= 4 is 21.8 Å². The second kappa shape index (κ2) is 11.5. The molecule has 0 aromatic heterocycles. The maximum atomic E-state index is 13.5. The highest BCUT2D eigenvalue weighted by Crippen LogP contribution is 2.33. The van der Waals surface area contributed by atoms with Crippen LogP contribution in [0.15, 0.2) is 84.9 Å². The van der Waals surface area contributed by atoms with Crippen LogP contribution in [-0.2, 0) is 22.4 Å². The van der Waals surface area contributed by atoms with Gasteiger partial charge in [-0.15, -0.1) is 0 Å². The lowest BCUT2D eigenvalue weighted by Crippen LogP contribution is -2.45. The summed E-state index contributed by atoms with van der Waals surface area (Å²) >= 11 is 0. The van der Waals surface area contributed by atoms with Gasteiger partial charge in [0.15, 0.2) is 0 Å². The zero-order valence-electron chi connectivity index (χ0n) is 21.5. The van der Waals surface area contributed by atoms with Crippen molar-refractivity contribution in [3.8, 4) is 0 Å². The minimum atomic E-state index is -3.76. The third-order valence-electron chi connectivity index (χ3n) is 7.07. The largest absolute Gasteiger partial charge is 0.385 e. The van der Waals surface area contributed by atoms with Crippen LogP contribution in [0, 0.1) is 0 Å². The van der Waals surface area contributed by atoms with Gasteiger partial charge >= 0.3 is 10.2 Å². The van der Waals surface area contributed by atoms with Crippen LogP contribution in [0.2, 0.25) is 0 Å². The lowest BCUT2D eigenvalue weighted by Gasteiger charge is -2.38. The SMILES string of the molecule is CCN(CC)S(=O)(=O)N(Cc1ccccc1)c1ccc(C(=O)N2CCC(O)(c3ccccc3)CC2)cc1. The standard InChI is InChI=1S/C29H35N3O4S/c1-3-31(4-2)37(35,36)32(23-24-11-7-5-8-12-24)27-17-15-25(16-18-27)28(33)30-21-19-29(34,20-22-30)26-13-9-6-10-14-26/h5-18,34H,3-4,19-23H2,1-2H3. The topological polar surface area (TPSA) is 81.2 Å². The van der Waals surface area contributed by atoms with E-state index in [2.05, 4.69) is 0 Å². The number of rotatable bonds is 9. The summed E-state index contributed by atoms with van der Waals surface area (Å²) in [7, 11) is -3.76. The van der Waals surface area contributed by atoms with Crippen LogP contribution < -0.4 is 4.31 Å². The summed E-state index contributed by atoms with van der Waals surface area (Å²) < 4.78 is 29.8. The molecular formula is C29H35N3O4S. The zero-order valence-corrected chi connectivity index (χ0v) is 22.3. The molecular weight excluding hydrogens is 486 g/mol. The Morgan fingerprint density at radius 1 is 0.865 bits per heavy atom. The first kappa shape index (κ1) is 26.9. The van der Waals surface area contributed by atoms with E-state index in [1.54, 1.807) is 29.2 Å². The minimum absolute atomic E-state index is 0.122. The summed E-state index contributed by atoms with van der Waals surface area (Å²) in [5, 5.41) is 11.1. The van der Waals surface area contributed by atoms with E-state index >= 15 is 0 Å². The third kappa shape index (κ3) is 5.87. The number of anilines is 1. The van der Waals surface area contributed by atoms with Crippen molar-refractivity contribution in [2.45, 2.75) is 38.8 Å². The van der Waals surface area contributed by atoms with E-state index in [4.69, 9.17) is 0 Å². The summed E-state index contributed by atoms with van der Waals surface area (Å²) in [5.41, 5.74) is 1.81. The van der Waals surface area contributed by atoms with Gasteiger partial charge in [-0.2, -0.15) is 12.7 Å². The molecule has 1 fully saturated rings. The van der Waals surface area contributed by atoms with E-state index < -0.39 is 15.8 Å². The van der Waals surface area contributed by atoms with E-state index in [0.29, 0.717) is 50.3 Å². The number of benzene rings is 3. The number of amides is 1. The molecule has 0 bridgehead atoms. The molecule has 0 unspecified atom stereocenters. The summed E-state index contributed by atoms with van der Waals surface area (Å²) in [5.74, 6) is -0.122. The zero-order chi connectivity index (χ0) is 26.5. The van der Waals surface area contributed by atoms with E-state index in [0.717, 1.165) is 11.1 Å². The molecule has 0 radical (unpaired) electrons. The summed E-state index contributed by atoms with van der Waals surface area (Å²) in [6.07, 6.45) is 0.932. The molecule has 0 atom stereocenters. The van der Waals surface area contributed by atoms with E-state index in [9.17, 15) is 18.3 Å². The molecule has 1 N–H and O–H groups in total. The maximum Gasteiger partial charge on any atom is 0.304 e. The normalized spacial score (nSPS) is 15.5. The number of nitrogens with zero attached hydrogens (tertiary/aromatic N) is 3. The van der Waals surface area contributed by atoms with Gasteiger partial charge in [-0.05, 0) is 48.2 Å². The van der Waals surface area contributed by atoms with E-state index in [1.807, 2.05) is 74.5 Å². The fourth-order valence-corrected chi connectivity index (χ4v) is 6.45. The Morgan fingerprint density at radius 3 is 1.95 bits per heavy atom. The molecule has 0 spiro atoms. The molecule has 3 aromatic carbocycles. The first-order valence-electron chi connectivity index (χ1n) is 12.8. The first-order valence-corrected chi connectivity index (χ1v) is 14.2. The second-order valence-corrected chi connectivity index (χ2v) is 11.2. The van der Waals surface area contributed by atoms with Gasteiger partial charge in [-0.25, -0.2) is 0 Å². The molecule has 0 saturated carbocycles. The Kier molecular flexibility index (Phi) is 8.32. The van der Waals surface area contributed by atoms with Crippen molar-refractivity contribution < 1.29 is 18.3 Å². The molecule has 37 heavy (non-hydrogen) atoms. The number of carbonyl (C=O) groups excluding carboxylic acids is 1. The average molecular weight is 522 g/mol. The van der Waals surface area contributed by atoms with E-state index in [1.165, 1.54) is 8.61 Å². The Bertz CT molecular complexity index is 1270. The molecule has 0 aliphatic carbocycles. The van der Waals surface area contributed by atoms with Gasteiger partial charge in [0, 0.05) is 31.7 Å². The van der Waals surface area contributed by atoms with Gasteiger partial charge in [-0.3, -0.25) is 9.10 Å². The lowest BCUT2D eigenvalue weighted by atomic mass is 9.84. The number of carbonyl (C=O) groups is 1. The highest BCUT2D eigenvalue weighted by atomic mass is 32.2. The van der Waals surface area contributed by atoms with Gasteiger partial charge < -0.3 is 10.0 Å². The van der Waals surface area contributed by atoms with Crippen LogP contribution in [0.25, 0.3) is 0 Å². The monoisotopic (exact) mass is 521 g/mol. The van der Waals surface area contributed by atoms with Crippen molar-refractivity contribution in [1.29, 1.82) is 0 Å². The Labute approximate surface area is 220 Å². The highest BCUT2D eigenvalue weighted by molar-refractivity contribution is 7.90. The number of piperidine rings is 1. The predicted molar refractivity (Wildman–Crippen MR) is 146 cm³/mol. The first-order chi connectivity index (χ1) is 17.8. The van der Waals surface area contributed by atoms with Crippen LogP contribution in [0.1, 0.15) is 48.2 Å². The molecule has 1 aliphatic heterocycles. The van der Waals surface area contributed by atoms with Crippen molar-refractivity contribution in [1.82, 2.24) is 9.21 Å². The van der Waals surface area contributed by atoms with E-state index in [-0.39, 0.29) is 12.5 Å². The van der Waals surface area contributed by atoms with Crippen molar-refractivity contribution in [2.75, 3.05) is 30.5 Å². The van der Waals surface area contributed by atoms with Gasteiger partial charge in [-0.1, -0.05) is 74.5 Å². The van der Waals surface area contributed by atoms with Gasteiger partial charge in [0.25, 0.3) is 5.91 Å². The Balaban J connectivity index is 1.52. The minimum Gasteiger partial charge on any atom is -0.385 e. The Hall–Kier alpha value is -3.20. The van der Waals surface area contributed by atoms with Crippen LogP contribution >= 0.6 is 0 Å². The fraction of sp³-hybridized carbons (Fsp3) is 0.345. The van der Waals surface area contributed by atoms with Gasteiger partial charge in [0.05, 0.1) is 17.8 Å². The number of hydrogen-bond acceptors (Lipinski definition) is 4. The third-order valence-corrected chi connectivity index (χ3v) is 9.14. The fourth-order valence-electron chi connectivity index (χ4n) is 4.81. The molecule has 3 aromatic rings. The second-order valence-electron chi connectivity index (χ2n) is 9.32.